The number of carboxylic acid groups (broad SMARTS) is 1. The average Bonchev–Trinajstić information content (AvgIpc) is 2.76. The topological polar surface area (TPSA) is 92.9 Å². The largest absolute Gasteiger partial charge is 0.511 e. The number of rotatable bonds is 4. The lowest BCUT2D eigenvalue weighted by Crippen LogP contribution is -2.15. The second kappa shape index (κ2) is 7.24. The van der Waals surface area contributed by atoms with Gasteiger partial charge in [-0.2, -0.15) is 0 Å². The Morgan fingerprint density at radius 1 is 1.57 bits per heavy atom. The summed E-state index contributed by atoms with van der Waals surface area (Å²) < 4.78 is 4.70. The van der Waals surface area contributed by atoms with E-state index in [0.29, 0.717) is 17.9 Å². The molecule has 0 aromatic heterocycles. The molecule has 0 radical (unpaired) electrons. The van der Waals surface area contributed by atoms with Gasteiger partial charge >= 0.3 is 6.16 Å². The maximum Gasteiger partial charge on any atom is 0.511 e. The fourth-order valence-electron chi connectivity index (χ4n) is 2.54. The number of nitro groups is 1. The molecule has 7 nitrogen and oxygen atoms in total. The van der Waals surface area contributed by atoms with Crippen molar-refractivity contribution in [1.82, 2.24) is 4.90 Å². The van der Waals surface area contributed by atoms with E-state index >= 15 is 0 Å². The first-order valence-corrected chi connectivity index (χ1v) is 6.32. The van der Waals surface area contributed by atoms with Crippen LogP contribution < -0.4 is 4.74 Å². The molecule has 1 N–H and O–H groups in total. The Hall–Kier alpha value is -1.86. The number of hydrogen-bond acceptors (Lipinski definition) is 5. The van der Waals surface area contributed by atoms with Crippen molar-refractivity contribution in [2.75, 3.05) is 20.1 Å². The van der Waals surface area contributed by atoms with Gasteiger partial charge in [-0.3, -0.25) is 10.1 Å². The maximum atomic E-state index is 10.8. The number of hydrogen-bond donors (Lipinski definition) is 1. The van der Waals surface area contributed by atoms with Crippen LogP contribution in [-0.4, -0.2) is 41.2 Å². The molecule has 21 heavy (non-hydrogen) atoms. The van der Waals surface area contributed by atoms with Crippen LogP contribution in [0.3, 0.4) is 0 Å². The molecule has 2 rings (SSSR count). The van der Waals surface area contributed by atoms with Gasteiger partial charge in [0.25, 0.3) is 5.69 Å². The first kappa shape index (κ1) is 17.2. The Labute approximate surface area is 128 Å². The highest BCUT2D eigenvalue weighted by molar-refractivity contribution is 5.85. The number of nitro benzene ring substituents is 1. The van der Waals surface area contributed by atoms with Crippen LogP contribution in [0.4, 0.5) is 10.5 Å². The standard InChI is InChI=1S/C13H16N2O5.ClH/c1-14-5-4-9(8-14)6-10-7-11(15(18)19)2-3-12(10)20-13(16)17;/h2-3,7,9H,4-6,8H2,1H3,(H,16,17);1H. The molecular formula is C13H17ClN2O5. The SMILES string of the molecule is CN1CCC(Cc2cc([N+](=O)[O-])ccc2OC(=O)O)C1.Cl. The van der Waals surface area contributed by atoms with Gasteiger partial charge in [-0.05, 0) is 38.4 Å². The molecule has 0 spiro atoms. The highest BCUT2D eigenvalue weighted by Gasteiger charge is 2.23. The molecule has 116 valence electrons. The van der Waals surface area contributed by atoms with Crippen LogP contribution in [0.1, 0.15) is 12.0 Å². The molecule has 0 bridgehead atoms. The van der Waals surface area contributed by atoms with Crippen molar-refractivity contribution in [3.63, 3.8) is 0 Å². The monoisotopic (exact) mass is 316 g/mol. The van der Waals surface area contributed by atoms with Gasteiger partial charge in [-0.25, -0.2) is 4.79 Å². The quantitative estimate of drug-likeness (QED) is 0.397. The van der Waals surface area contributed by atoms with Gasteiger partial charge in [-0.15, -0.1) is 12.4 Å². The second-order valence-corrected chi connectivity index (χ2v) is 5.04. The van der Waals surface area contributed by atoms with Gasteiger partial charge in [-0.1, -0.05) is 0 Å². The van der Waals surface area contributed by atoms with E-state index in [2.05, 4.69) is 4.90 Å². The highest BCUT2D eigenvalue weighted by Crippen LogP contribution is 2.29. The smallest absolute Gasteiger partial charge is 0.449 e. The number of ether oxygens (including phenoxy) is 1. The Morgan fingerprint density at radius 3 is 2.81 bits per heavy atom. The van der Waals surface area contributed by atoms with Crippen molar-refractivity contribution >= 4 is 24.2 Å². The zero-order chi connectivity index (χ0) is 14.7. The third kappa shape index (κ3) is 4.57. The summed E-state index contributed by atoms with van der Waals surface area (Å²) >= 11 is 0. The Balaban J connectivity index is 0.00000220. The fourth-order valence-corrected chi connectivity index (χ4v) is 2.54. The molecule has 0 amide bonds. The van der Waals surface area contributed by atoms with Gasteiger partial charge in [0.15, 0.2) is 0 Å². The van der Waals surface area contributed by atoms with E-state index in [-0.39, 0.29) is 23.8 Å². The summed E-state index contributed by atoms with van der Waals surface area (Å²) in [7, 11) is 2.02. The van der Waals surface area contributed by atoms with Crippen LogP contribution in [0.25, 0.3) is 0 Å². The van der Waals surface area contributed by atoms with E-state index in [1.807, 2.05) is 7.05 Å². The maximum absolute atomic E-state index is 10.8. The Bertz CT molecular complexity index is 537. The minimum absolute atomic E-state index is 0. The number of carbonyl (C=O) groups is 1. The molecule has 0 aliphatic carbocycles. The normalized spacial score (nSPS) is 18.0. The van der Waals surface area contributed by atoms with Crippen LogP contribution in [0.2, 0.25) is 0 Å². The van der Waals surface area contributed by atoms with Crippen LogP contribution in [0.5, 0.6) is 5.75 Å². The van der Waals surface area contributed by atoms with E-state index in [1.54, 1.807) is 0 Å². The van der Waals surface area contributed by atoms with Gasteiger partial charge in [0, 0.05) is 24.2 Å². The number of non-ortho nitro benzene ring substituents is 1. The summed E-state index contributed by atoms with van der Waals surface area (Å²) in [5.41, 5.74) is 0.519. The molecule has 1 aliphatic rings. The van der Waals surface area contributed by atoms with Crippen molar-refractivity contribution in [2.45, 2.75) is 12.8 Å². The summed E-state index contributed by atoms with van der Waals surface area (Å²) in [6.07, 6.45) is 0.156. The van der Waals surface area contributed by atoms with Gasteiger partial charge in [0.1, 0.15) is 5.75 Å². The number of halogens is 1. The molecular weight excluding hydrogens is 300 g/mol. The minimum atomic E-state index is -1.41. The van der Waals surface area contributed by atoms with Crippen molar-refractivity contribution in [3.8, 4) is 5.75 Å². The first-order chi connectivity index (χ1) is 9.45. The summed E-state index contributed by atoms with van der Waals surface area (Å²) in [6, 6.07) is 4.00. The zero-order valence-corrected chi connectivity index (χ0v) is 12.3. The number of likely N-dealkylation sites (tertiary alicyclic amines) is 1. The van der Waals surface area contributed by atoms with Crippen molar-refractivity contribution in [2.24, 2.45) is 5.92 Å². The van der Waals surface area contributed by atoms with Gasteiger partial charge in [0.2, 0.25) is 0 Å². The molecule has 1 aromatic carbocycles. The lowest BCUT2D eigenvalue weighted by Gasteiger charge is -2.13. The third-order valence-electron chi connectivity index (χ3n) is 3.45. The zero-order valence-electron chi connectivity index (χ0n) is 11.5. The van der Waals surface area contributed by atoms with Gasteiger partial charge < -0.3 is 14.7 Å². The molecule has 1 atom stereocenters. The summed E-state index contributed by atoms with van der Waals surface area (Å²) in [5, 5.41) is 19.5. The van der Waals surface area contributed by atoms with Gasteiger partial charge in [0.05, 0.1) is 4.92 Å². The molecule has 8 heteroatoms. The minimum Gasteiger partial charge on any atom is -0.449 e. The molecule has 1 aromatic rings. The van der Waals surface area contributed by atoms with E-state index in [0.717, 1.165) is 19.5 Å². The summed E-state index contributed by atoms with van der Waals surface area (Å²) in [4.78, 5) is 23.2. The van der Waals surface area contributed by atoms with E-state index in [9.17, 15) is 14.9 Å². The second-order valence-electron chi connectivity index (χ2n) is 5.04. The Morgan fingerprint density at radius 2 is 2.29 bits per heavy atom. The summed E-state index contributed by atoms with van der Waals surface area (Å²) in [5.74, 6) is 0.538. The molecule has 1 heterocycles. The van der Waals surface area contributed by atoms with E-state index < -0.39 is 11.1 Å². The van der Waals surface area contributed by atoms with Crippen LogP contribution in [-0.2, 0) is 6.42 Å². The van der Waals surface area contributed by atoms with Crippen LogP contribution in [0.15, 0.2) is 18.2 Å². The predicted octanol–water partition coefficient (Wildman–Crippen LogP) is 2.57. The fraction of sp³-hybridized carbons (Fsp3) is 0.462. The molecule has 0 saturated carbocycles. The van der Waals surface area contributed by atoms with Crippen molar-refractivity contribution < 1.29 is 19.6 Å². The molecule has 1 fully saturated rings. The number of benzene rings is 1. The van der Waals surface area contributed by atoms with Crippen molar-refractivity contribution in [1.29, 1.82) is 0 Å². The summed E-state index contributed by atoms with van der Waals surface area (Å²) in [6.45, 7) is 1.88. The van der Waals surface area contributed by atoms with E-state index in [1.165, 1.54) is 18.2 Å². The first-order valence-electron chi connectivity index (χ1n) is 6.32. The lowest BCUT2D eigenvalue weighted by atomic mass is 9.97. The average molecular weight is 317 g/mol. The predicted molar refractivity (Wildman–Crippen MR) is 78.3 cm³/mol. The highest BCUT2D eigenvalue weighted by atomic mass is 35.5. The number of nitrogens with zero attached hydrogens (tertiary/aromatic N) is 2. The van der Waals surface area contributed by atoms with Crippen LogP contribution >= 0.6 is 12.4 Å². The van der Waals surface area contributed by atoms with E-state index in [4.69, 9.17) is 9.84 Å². The third-order valence-corrected chi connectivity index (χ3v) is 3.45. The molecule has 1 aliphatic heterocycles. The lowest BCUT2D eigenvalue weighted by molar-refractivity contribution is -0.384. The Kier molecular flexibility index (Phi) is 5.92. The molecule has 1 unspecified atom stereocenters. The molecule has 1 saturated heterocycles. The van der Waals surface area contributed by atoms with Crippen LogP contribution in [0, 0.1) is 16.0 Å². The van der Waals surface area contributed by atoms with Crippen molar-refractivity contribution in [3.05, 3.63) is 33.9 Å².